The van der Waals surface area contributed by atoms with Crippen LogP contribution in [-0.2, 0) is 9.59 Å². The van der Waals surface area contributed by atoms with Gasteiger partial charge in [-0.2, -0.15) is 0 Å². The van der Waals surface area contributed by atoms with Crippen molar-refractivity contribution < 1.29 is 9.59 Å². The summed E-state index contributed by atoms with van der Waals surface area (Å²) < 4.78 is 0. The fraction of sp³-hybridized carbons (Fsp3) is 0.833. The monoisotopic (exact) mass is 243 g/mol. The average Bonchev–Trinajstić information content (AvgIpc) is 2.23. The number of carbonyl (C=O) groups excluding carboxylic acids is 2. The molecule has 0 rings (SSSR count). The molecule has 0 aromatic heterocycles. The smallest absolute Gasteiger partial charge is 0.239 e. The molecule has 100 valence electrons. The third-order valence-corrected chi connectivity index (χ3v) is 2.47. The second-order valence-electron chi connectivity index (χ2n) is 4.66. The van der Waals surface area contributed by atoms with E-state index >= 15 is 0 Å². The number of nitrogens with zero attached hydrogens (tertiary/aromatic N) is 1. The van der Waals surface area contributed by atoms with E-state index in [1.54, 1.807) is 7.05 Å². The van der Waals surface area contributed by atoms with Gasteiger partial charge in [-0.15, -0.1) is 0 Å². The van der Waals surface area contributed by atoms with E-state index in [0.717, 1.165) is 6.42 Å². The SMILES string of the molecule is CCC(C)NCC(=O)N(C)CC(=O)NC(C)C. The number of rotatable bonds is 7. The molecule has 0 heterocycles. The molecule has 0 aliphatic heterocycles. The van der Waals surface area contributed by atoms with E-state index in [4.69, 9.17) is 0 Å². The Balaban J connectivity index is 3.93. The number of nitrogens with one attached hydrogen (secondary N) is 2. The number of hydrogen-bond donors (Lipinski definition) is 2. The van der Waals surface area contributed by atoms with Gasteiger partial charge in [0, 0.05) is 19.1 Å². The molecule has 0 saturated carbocycles. The molecule has 0 aliphatic rings. The second kappa shape index (κ2) is 8.06. The van der Waals surface area contributed by atoms with Crippen molar-refractivity contribution in [3.05, 3.63) is 0 Å². The van der Waals surface area contributed by atoms with Gasteiger partial charge in [-0.25, -0.2) is 0 Å². The molecule has 0 radical (unpaired) electrons. The van der Waals surface area contributed by atoms with E-state index in [1.807, 2.05) is 20.8 Å². The van der Waals surface area contributed by atoms with Gasteiger partial charge in [-0.3, -0.25) is 9.59 Å². The highest BCUT2D eigenvalue weighted by Crippen LogP contribution is 1.90. The summed E-state index contributed by atoms with van der Waals surface area (Å²) >= 11 is 0. The van der Waals surface area contributed by atoms with Crippen LogP contribution in [0.1, 0.15) is 34.1 Å². The number of likely N-dealkylation sites (N-methyl/N-ethyl adjacent to an activating group) is 1. The minimum atomic E-state index is -0.126. The van der Waals surface area contributed by atoms with Crippen molar-refractivity contribution in [2.75, 3.05) is 20.1 Å². The number of amides is 2. The largest absolute Gasteiger partial charge is 0.352 e. The first-order valence-corrected chi connectivity index (χ1v) is 6.13. The Hall–Kier alpha value is -1.10. The summed E-state index contributed by atoms with van der Waals surface area (Å²) in [5, 5.41) is 5.86. The third-order valence-electron chi connectivity index (χ3n) is 2.47. The van der Waals surface area contributed by atoms with Gasteiger partial charge < -0.3 is 15.5 Å². The van der Waals surface area contributed by atoms with E-state index in [0.29, 0.717) is 6.04 Å². The maximum Gasteiger partial charge on any atom is 0.239 e. The maximum absolute atomic E-state index is 11.7. The van der Waals surface area contributed by atoms with Crippen LogP contribution in [0.15, 0.2) is 0 Å². The zero-order valence-electron chi connectivity index (χ0n) is 11.5. The molecule has 5 nitrogen and oxygen atoms in total. The normalized spacial score (nSPS) is 12.4. The molecule has 2 N–H and O–H groups in total. The van der Waals surface area contributed by atoms with Crippen molar-refractivity contribution in [1.82, 2.24) is 15.5 Å². The predicted molar refractivity (Wildman–Crippen MR) is 68.7 cm³/mol. The van der Waals surface area contributed by atoms with Gasteiger partial charge in [0.15, 0.2) is 0 Å². The van der Waals surface area contributed by atoms with Crippen LogP contribution in [0.25, 0.3) is 0 Å². The zero-order chi connectivity index (χ0) is 13.4. The Morgan fingerprint density at radius 3 is 2.29 bits per heavy atom. The molecule has 0 aliphatic carbocycles. The van der Waals surface area contributed by atoms with Gasteiger partial charge in [0.25, 0.3) is 0 Å². The molecule has 0 spiro atoms. The molecule has 0 aromatic carbocycles. The summed E-state index contributed by atoms with van der Waals surface area (Å²) in [5.74, 6) is -0.191. The molecule has 1 unspecified atom stereocenters. The molecule has 2 amide bonds. The Bertz CT molecular complexity index is 254. The predicted octanol–water partition coefficient (Wildman–Crippen LogP) is 0.358. The lowest BCUT2D eigenvalue weighted by Crippen LogP contribution is -2.44. The van der Waals surface area contributed by atoms with Gasteiger partial charge in [0.05, 0.1) is 13.1 Å². The van der Waals surface area contributed by atoms with Crippen molar-refractivity contribution in [2.24, 2.45) is 0 Å². The first kappa shape index (κ1) is 15.9. The zero-order valence-corrected chi connectivity index (χ0v) is 11.5. The summed E-state index contributed by atoms with van der Waals surface area (Å²) in [6.45, 7) is 8.26. The van der Waals surface area contributed by atoms with Crippen molar-refractivity contribution in [3.8, 4) is 0 Å². The van der Waals surface area contributed by atoms with Gasteiger partial charge in [-0.1, -0.05) is 6.92 Å². The molecule has 0 aromatic rings. The van der Waals surface area contributed by atoms with Crippen molar-refractivity contribution >= 4 is 11.8 Å². The second-order valence-corrected chi connectivity index (χ2v) is 4.66. The van der Waals surface area contributed by atoms with E-state index in [1.165, 1.54) is 4.90 Å². The minimum absolute atomic E-state index is 0.0655. The molecular formula is C12H25N3O2. The van der Waals surface area contributed by atoms with Gasteiger partial charge in [0.2, 0.25) is 11.8 Å². The molecule has 0 fully saturated rings. The van der Waals surface area contributed by atoms with Crippen LogP contribution in [-0.4, -0.2) is 48.9 Å². The van der Waals surface area contributed by atoms with Crippen LogP contribution < -0.4 is 10.6 Å². The summed E-state index contributed by atoms with van der Waals surface area (Å²) in [4.78, 5) is 24.5. The summed E-state index contributed by atoms with van der Waals surface area (Å²) in [6.07, 6.45) is 0.977. The molecule has 5 heteroatoms. The highest BCUT2D eigenvalue weighted by atomic mass is 16.2. The van der Waals surface area contributed by atoms with Gasteiger partial charge in [0.1, 0.15) is 0 Å². The Morgan fingerprint density at radius 2 is 1.82 bits per heavy atom. The molecule has 17 heavy (non-hydrogen) atoms. The molecule has 0 bridgehead atoms. The Kier molecular flexibility index (Phi) is 7.54. The summed E-state index contributed by atoms with van der Waals surface area (Å²) in [5.41, 5.74) is 0. The molecular weight excluding hydrogens is 218 g/mol. The lowest BCUT2D eigenvalue weighted by atomic mass is 10.2. The van der Waals surface area contributed by atoms with Crippen molar-refractivity contribution in [1.29, 1.82) is 0 Å². The first-order chi connectivity index (χ1) is 7.86. The van der Waals surface area contributed by atoms with Crippen LogP contribution >= 0.6 is 0 Å². The van der Waals surface area contributed by atoms with E-state index in [2.05, 4.69) is 17.6 Å². The molecule has 1 atom stereocenters. The third kappa shape index (κ3) is 7.74. The van der Waals surface area contributed by atoms with Crippen LogP contribution in [0.3, 0.4) is 0 Å². The van der Waals surface area contributed by atoms with Crippen LogP contribution in [0.5, 0.6) is 0 Å². The highest BCUT2D eigenvalue weighted by molar-refractivity contribution is 5.85. The van der Waals surface area contributed by atoms with Crippen LogP contribution in [0, 0.1) is 0 Å². The van der Waals surface area contributed by atoms with Crippen LogP contribution in [0.4, 0.5) is 0 Å². The average molecular weight is 243 g/mol. The summed E-state index contributed by atoms with van der Waals surface area (Å²) in [7, 11) is 1.64. The quantitative estimate of drug-likeness (QED) is 0.678. The fourth-order valence-corrected chi connectivity index (χ4v) is 1.21. The van der Waals surface area contributed by atoms with Crippen molar-refractivity contribution in [2.45, 2.75) is 46.2 Å². The highest BCUT2D eigenvalue weighted by Gasteiger charge is 2.13. The molecule has 0 saturated heterocycles. The van der Waals surface area contributed by atoms with Gasteiger partial charge >= 0.3 is 0 Å². The van der Waals surface area contributed by atoms with E-state index in [9.17, 15) is 9.59 Å². The lowest BCUT2D eigenvalue weighted by molar-refractivity contribution is -0.134. The van der Waals surface area contributed by atoms with Crippen LogP contribution in [0.2, 0.25) is 0 Å². The lowest BCUT2D eigenvalue weighted by Gasteiger charge is -2.19. The summed E-state index contributed by atoms with van der Waals surface area (Å²) in [6, 6.07) is 0.418. The Morgan fingerprint density at radius 1 is 1.24 bits per heavy atom. The van der Waals surface area contributed by atoms with Gasteiger partial charge in [-0.05, 0) is 27.2 Å². The van der Waals surface area contributed by atoms with E-state index in [-0.39, 0.29) is 30.9 Å². The minimum Gasteiger partial charge on any atom is -0.352 e. The first-order valence-electron chi connectivity index (χ1n) is 6.13. The number of hydrogen-bond acceptors (Lipinski definition) is 3. The maximum atomic E-state index is 11.7. The number of carbonyl (C=O) groups is 2. The standard InChI is InChI=1S/C12H25N3O2/c1-6-10(4)13-7-12(17)15(5)8-11(16)14-9(2)3/h9-10,13H,6-8H2,1-5H3,(H,14,16). The Labute approximate surface area is 104 Å². The van der Waals surface area contributed by atoms with E-state index < -0.39 is 0 Å². The topological polar surface area (TPSA) is 61.4 Å². The fourth-order valence-electron chi connectivity index (χ4n) is 1.21. The van der Waals surface area contributed by atoms with Crippen molar-refractivity contribution in [3.63, 3.8) is 0 Å².